The summed E-state index contributed by atoms with van der Waals surface area (Å²) in [5.74, 6) is 0. The molecule has 1 unspecified atom stereocenters. The van der Waals surface area contributed by atoms with Crippen molar-refractivity contribution in [3.8, 4) is 0 Å². The van der Waals surface area contributed by atoms with Crippen molar-refractivity contribution >= 4 is 28.7 Å². The van der Waals surface area contributed by atoms with Crippen molar-refractivity contribution in [1.29, 1.82) is 0 Å². The van der Waals surface area contributed by atoms with Crippen LogP contribution < -0.4 is 10.6 Å². The fourth-order valence-corrected chi connectivity index (χ4v) is 3.80. The lowest BCUT2D eigenvalue weighted by Crippen LogP contribution is -2.43. The molecule has 0 spiro atoms. The van der Waals surface area contributed by atoms with E-state index in [1.807, 2.05) is 30.7 Å². The van der Waals surface area contributed by atoms with Gasteiger partial charge in [0.2, 0.25) is 0 Å². The second-order valence-corrected chi connectivity index (χ2v) is 7.45. The number of aromatic nitrogens is 1. The second-order valence-electron chi connectivity index (χ2n) is 5.39. The van der Waals surface area contributed by atoms with Crippen molar-refractivity contribution in [2.24, 2.45) is 0 Å². The molecule has 22 heavy (non-hydrogen) atoms. The molecule has 5 nitrogen and oxygen atoms in total. The van der Waals surface area contributed by atoms with Crippen molar-refractivity contribution in [2.75, 3.05) is 13.1 Å². The van der Waals surface area contributed by atoms with Crippen molar-refractivity contribution in [2.45, 2.75) is 32.8 Å². The van der Waals surface area contributed by atoms with E-state index in [2.05, 4.69) is 15.6 Å². The number of thiophene rings is 1. The Balaban J connectivity index is 1.73. The Kier molecular flexibility index (Phi) is 5.55. The number of rotatable bonds is 6. The van der Waals surface area contributed by atoms with Crippen molar-refractivity contribution in [1.82, 2.24) is 15.6 Å². The smallest absolute Gasteiger partial charge is 0.314 e. The summed E-state index contributed by atoms with van der Waals surface area (Å²) in [4.78, 5) is 17.4. The first-order chi connectivity index (χ1) is 10.4. The highest BCUT2D eigenvalue weighted by Gasteiger charge is 2.24. The molecule has 2 rings (SSSR count). The average molecular weight is 339 g/mol. The number of nitrogens with one attached hydrogen (secondary N) is 2. The van der Waals surface area contributed by atoms with E-state index in [-0.39, 0.29) is 12.6 Å². The summed E-state index contributed by atoms with van der Waals surface area (Å²) in [5.41, 5.74) is 0.793. The van der Waals surface area contributed by atoms with Crippen LogP contribution in [0.3, 0.4) is 0 Å². The molecule has 2 aromatic rings. The van der Waals surface area contributed by atoms with Gasteiger partial charge in [0.05, 0.1) is 17.2 Å². The van der Waals surface area contributed by atoms with Crippen LogP contribution in [0, 0.1) is 13.8 Å². The van der Waals surface area contributed by atoms with E-state index in [1.165, 1.54) is 16.2 Å². The summed E-state index contributed by atoms with van der Waals surface area (Å²) in [6.45, 7) is 6.38. The Morgan fingerprint density at radius 3 is 2.77 bits per heavy atom. The quantitative estimate of drug-likeness (QED) is 0.757. The summed E-state index contributed by atoms with van der Waals surface area (Å²) in [6, 6.07) is 1.59. The van der Waals surface area contributed by atoms with Crippen LogP contribution >= 0.6 is 22.7 Å². The van der Waals surface area contributed by atoms with Gasteiger partial charge in [0, 0.05) is 17.8 Å². The lowest BCUT2D eigenvalue weighted by atomic mass is 9.99. The van der Waals surface area contributed by atoms with Gasteiger partial charge in [0.25, 0.3) is 0 Å². The number of carbonyl (C=O) groups excluding carboxylic acids is 1. The first-order valence-electron chi connectivity index (χ1n) is 7.08. The highest BCUT2D eigenvalue weighted by molar-refractivity contribution is 7.11. The zero-order valence-electron chi connectivity index (χ0n) is 13.0. The zero-order valence-corrected chi connectivity index (χ0v) is 14.6. The predicted molar refractivity (Wildman–Crippen MR) is 90.6 cm³/mol. The number of nitrogens with zero attached hydrogens (tertiary/aromatic N) is 1. The highest BCUT2D eigenvalue weighted by atomic mass is 32.1. The Morgan fingerprint density at radius 2 is 2.18 bits per heavy atom. The number of urea groups is 1. The maximum atomic E-state index is 11.8. The maximum absolute atomic E-state index is 11.8. The summed E-state index contributed by atoms with van der Waals surface area (Å²) < 4.78 is 0. The van der Waals surface area contributed by atoms with E-state index in [0.717, 1.165) is 22.7 Å². The molecule has 0 aliphatic heterocycles. The molecule has 3 N–H and O–H groups in total. The van der Waals surface area contributed by atoms with E-state index in [1.54, 1.807) is 18.3 Å². The standard InChI is InChI=1S/C15H21N3O2S2/c1-10-13(22-11(2)18-10)4-6-16-14(19)17-9-15(3,20)12-5-7-21-8-12/h5,7-8,20H,4,6,9H2,1-3H3,(H2,16,17,19). The molecule has 0 saturated carbocycles. The second kappa shape index (κ2) is 7.21. The molecular formula is C15H21N3O2S2. The summed E-state index contributed by atoms with van der Waals surface area (Å²) in [6.07, 6.45) is 0.770. The van der Waals surface area contributed by atoms with E-state index in [0.29, 0.717) is 6.54 Å². The predicted octanol–water partition coefficient (Wildman–Crippen LogP) is 2.57. The first kappa shape index (κ1) is 16.9. The number of amides is 2. The zero-order chi connectivity index (χ0) is 16.2. The topological polar surface area (TPSA) is 74.2 Å². The van der Waals surface area contributed by atoms with Gasteiger partial charge in [-0.1, -0.05) is 0 Å². The summed E-state index contributed by atoms with van der Waals surface area (Å²) in [5, 5.41) is 20.7. The molecule has 0 bridgehead atoms. The summed E-state index contributed by atoms with van der Waals surface area (Å²) >= 11 is 3.18. The van der Waals surface area contributed by atoms with Gasteiger partial charge in [0.15, 0.2) is 0 Å². The van der Waals surface area contributed by atoms with E-state index >= 15 is 0 Å². The van der Waals surface area contributed by atoms with E-state index < -0.39 is 5.60 Å². The van der Waals surface area contributed by atoms with Crippen molar-refractivity contribution in [3.05, 3.63) is 38.0 Å². The number of aliphatic hydroxyl groups is 1. The van der Waals surface area contributed by atoms with Crippen LogP contribution in [0.1, 0.15) is 28.1 Å². The van der Waals surface area contributed by atoms with Crippen LogP contribution in [0.4, 0.5) is 4.79 Å². The molecule has 1 atom stereocenters. The minimum Gasteiger partial charge on any atom is -0.384 e. The first-order valence-corrected chi connectivity index (χ1v) is 8.84. The minimum atomic E-state index is -1.05. The molecule has 0 fully saturated rings. The number of thiazole rings is 1. The maximum Gasteiger partial charge on any atom is 0.314 e. The van der Waals surface area contributed by atoms with Gasteiger partial charge < -0.3 is 15.7 Å². The van der Waals surface area contributed by atoms with Crippen LogP contribution in [0.2, 0.25) is 0 Å². The lowest BCUT2D eigenvalue weighted by Gasteiger charge is -2.22. The molecular weight excluding hydrogens is 318 g/mol. The Hall–Kier alpha value is -1.44. The van der Waals surface area contributed by atoms with Crippen LogP contribution in [-0.2, 0) is 12.0 Å². The van der Waals surface area contributed by atoms with Crippen LogP contribution in [0.25, 0.3) is 0 Å². The van der Waals surface area contributed by atoms with Crippen LogP contribution in [0.15, 0.2) is 16.8 Å². The van der Waals surface area contributed by atoms with Crippen LogP contribution in [-0.4, -0.2) is 29.2 Å². The Bertz CT molecular complexity index is 621. The molecule has 7 heteroatoms. The molecule has 0 aliphatic rings. The molecule has 0 aromatic carbocycles. The van der Waals surface area contributed by atoms with Gasteiger partial charge in [-0.3, -0.25) is 0 Å². The van der Waals surface area contributed by atoms with Gasteiger partial charge >= 0.3 is 6.03 Å². The monoisotopic (exact) mass is 339 g/mol. The Labute approximate surface area is 138 Å². The van der Waals surface area contributed by atoms with E-state index in [9.17, 15) is 9.90 Å². The van der Waals surface area contributed by atoms with Gasteiger partial charge in [0.1, 0.15) is 5.60 Å². The number of hydrogen-bond acceptors (Lipinski definition) is 5. The highest BCUT2D eigenvalue weighted by Crippen LogP contribution is 2.22. The van der Waals surface area contributed by atoms with Gasteiger partial charge in [-0.25, -0.2) is 9.78 Å². The van der Waals surface area contributed by atoms with Gasteiger partial charge in [-0.2, -0.15) is 11.3 Å². The average Bonchev–Trinajstić information content (AvgIpc) is 3.07. The molecule has 0 radical (unpaired) electrons. The Morgan fingerprint density at radius 1 is 1.41 bits per heavy atom. The summed E-state index contributed by atoms with van der Waals surface area (Å²) in [7, 11) is 0. The molecule has 2 aromatic heterocycles. The third-order valence-electron chi connectivity index (χ3n) is 3.37. The fourth-order valence-electron chi connectivity index (χ4n) is 2.08. The largest absolute Gasteiger partial charge is 0.384 e. The lowest BCUT2D eigenvalue weighted by molar-refractivity contribution is 0.0598. The molecule has 2 heterocycles. The molecule has 120 valence electrons. The van der Waals surface area contributed by atoms with Gasteiger partial charge in [-0.15, -0.1) is 11.3 Å². The third kappa shape index (κ3) is 4.53. The van der Waals surface area contributed by atoms with Crippen LogP contribution in [0.5, 0.6) is 0 Å². The van der Waals surface area contributed by atoms with Gasteiger partial charge in [-0.05, 0) is 43.2 Å². The minimum absolute atomic E-state index is 0.175. The molecule has 0 aliphatic carbocycles. The van der Waals surface area contributed by atoms with Crippen molar-refractivity contribution in [3.63, 3.8) is 0 Å². The third-order valence-corrected chi connectivity index (χ3v) is 5.19. The fraction of sp³-hybridized carbons (Fsp3) is 0.467. The number of aryl methyl sites for hydroxylation is 2. The molecule has 0 saturated heterocycles. The van der Waals surface area contributed by atoms with Crippen molar-refractivity contribution < 1.29 is 9.90 Å². The van der Waals surface area contributed by atoms with E-state index in [4.69, 9.17) is 0 Å². The normalized spacial score (nSPS) is 13.6. The number of hydrogen-bond donors (Lipinski definition) is 3. The SMILES string of the molecule is Cc1nc(C)c(CCNC(=O)NCC(C)(O)c2ccsc2)s1. The molecule has 2 amide bonds. The number of carbonyl (C=O) groups is 1.